The third kappa shape index (κ3) is 5.14. The summed E-state index contributed by atoms with van der Waals surface area (Å²) in [6.07, 6.45) is 0. The van der Waals surface area contributed by atoms with Gasteiger partial charge < -0.3 is 24.8 Å². The van der Waals surface area contributed by atoms with Crippen molar-refractivity contribution < 1.29 is 23.8 Å². The molecule has 0 atom stereocenters. The number of rotatable bonds is 7. The third-order valence-electron chi connectivity index (χ3n) is 3.55. The number of hydrogen-bond acceptors (Lipinski definition) is 5. The van der Waals surface area contributed by atoms with Gasteiger partial charge in [0.15, 0.2) is 11.5 Å². The lowest BCUT2D eigenvalue weighted by Crippen LogP contribution is -2.28. The van der Waals surface area contributed by atoms with Crippen LogP contribution in [0.3, 0.4) is 0 Å². The smallest absolute Gasteiger partial charge is 0.338 e. The fourth-order valence-electron chi connectivity index (χ4n) is 2.25. The minimum Gasteiger partial charge on any atom is -0.493 e. The summed E-state index contributed by atoms with van der Waals surface area (Å²) in [5, 5.41) is 5.46. The summed E-state index contributed by atoms with van der Waals surface area (Å²) in [6.45, 7) is 2.39. The summed E-state index contributed by atoms with van der Waals surface area (Å²) in [6, 6.07) is 11.5. The van der Waals surface area contributed by atoms with E-state index in [-0.39, 0.29) is 6.03 Å². The van der Waals surface area contributed by atoms with Gasteiger partial charge in [-0.05, 0) is 48.9 Å². The van der Waals surface area contributed by atoms with Gasteiger partial charge in [0.2, 0.25) is 0 Å². The molecule has 0 heterocycles. The molecule has 0 saturated heterocycles. The van der Waals surface area contributed by atoms with Gasteiger partial charge >= 0.3 is 12.0 Å². The zero-order valence-corrected chi connectivity index (χ0v) is 15.0. The van der Waals surface area contributed by atoms with Gasteiger partial charge in [0.25, 0.3) is 0 Å². The molecule has 0 aliphatic rings. The summed E-state index contributed by atoms with van der Waals surface area (Å²) in [7, 11) is 3.12. The number of hydrogen-bond donors (Lipinski definition) is 2. The van der Waals surface area contributed by atoms with Crippen LogP contribution in [0.1, 0.15) is 22.8 Å². The van der Waals surface area contributed by atoms with Crippen LogP contribution < -0.4 is 20.1 Å². The average Bonchev–Trinajstić information content (AvgIpc) is 2.66. The molecule has 0 aliphatic carbocycles. The van der Waals surface area contributed by atoms with Crippen molar-refractivity contribution in [2.24, 2.45) is 0 Å². The van der Waals surface area contributed by atoms with Crippen LogP contribution in [0, 0.1) is 0 Å². The van der Waals surface area contributed by atoms with Gasteiger partial charge in [-0.2, -0.15) is 0 Å². The molecule has 0 saturated carbocycles. The van der Waals surface area contributed by atoms with E-state index in [1.54, 1.807) is 57.5 Å². The molecule has 2 aromatic carbocycles. The molecule has 0 aliphatic heterocycles. The number of methoxy groups -OCH3 is 2. The number of nitrogens with one attached hydrogen (secondary N) is 2. The van der Waals surface area contributed by atoms with Crippen LogP contribution in [0.25, 0.3) is 0 Å². The molecule has 0 fully saturated rings. The summed E-state index contributed by atoms with van der Waals surface area (Å²) in [4.78, 5) is 23.6. The first-order valence-electron chi connectivity index (χ1n) is 8.10. The number of amides is 2. The van der Waals surface area contributed by atoms with Gasteiger partial charge in [0.1, 0.15) is 0 Å². The predicted molar refractivity (Wildman–Crippen MR) is 97.8 cm³/mol. The monoisotopic (exact) mass is 358 g/mol. The standard InChI is InChI=1S/C19H22N2O5/c1-4-26-18(22)14-6-8-15(9-7-14)21-19(23)20-12-13-5-10-16(24-2)17(11-13)25-3/h5-11H,4,12H2,1-3H3,(H2,20,21,23). The Morgan fingerprint density at radius 2 is 1.65 bits per heavy atom. The lowest BCUT2D eigenvalue weighted by Gasteiger charge is -2.11. The van der Waals surface area contributed by atoms with E-state index >= 15 is 0 Å². The maximum Gasteiger partial charge on any atom is 0.338 e. The fraction of sp³-hybridized carbons (Fsp3) is 0.263. The van der Waals surface area contributed by atoms with Crippen molar-refractivity contribution in [3.8, 4) is 11.5 Å². The maximum atomic E-state index is 12.0. The van der Waals surface area contributed by atoms with E-state index in [1.807, 2.05) is 6.07 Å². The summed E-state index contributed by atoms with van der Waals surface area (Å²) in [5.41, 5.74) is 1.88. The highest BCUT2D eigenvalue weighted by atomic mass is 16.5. The first kappa shape index (κ1) is 19.1. The van der Waals surface area contributed by atoms with Gasteiger partial charge in [0.05, 0.1) is 26.4 Å². The first-order valence-corrected chi connectivity index (χ1v) is 8.10. The van der Waals surface area contributed by atoms with Crippen LogP contribution in [0.5, 0.6) is 11.5 Å². The minimum atomic E-state index is -0.392. The zero-order valence-electron chi connectivity index (χ0n) is 15.0. The predicted octanol–water partition coefficient (Wildman–Crippen LogP) is 3.20. The molecule has 26 heavy (non-hydrogen) atoms. The quantitative estimate of drug-likeness (QED) is 0.743. The Labute approximate surface area is 152 Å². The first-order chi connectivity index (χ1) is 12.6. The molecular weight excluding hydrogens is 336 g/mol. The molecule has 2 rings (SSSR count). The average molecular weight is 358 g/mol. The molecule has 2 N–H and O–H groups in total. The Balaban J connectivity index is 1.90. The van der Waals surface area contributed by atoms with E-state index in [1.165, 1.54) is 0 Å². The Morgan fingerprint density at radius 1 is 0.962 bits per heavy atom. The number of urea groups is 1. The number of benzene rings is 2. The van der Waals surface area contributed by atoms with Crippen LogP contribution in [0.15, 0.2) is 42.5 Å². The maximum absolute atomic E-state index is 12.0. The van der Waals surface area contributed by atoms with Crippen LogP contribution in [0.2, 0.25) is 0 Å². The van der Waals surface area contributed by atoms with Gasteiger partial charge in [0, 0.05) is 12.2 Å². The molecule has 138 valence electrons. The largest absolute Gasteiger partial charge is 0.493 e. The molecule has 0 radical (unpaired) electrons. The number of ether oxygens (including phenoxy) is 3. The number of carbonyl (C=O) groups is 2. The number of carbonyl (C=O) groups excluding carboxylic acids is 2. The molecule has 7 nitrogen and oxygen atoms in total. The second-order valence-corrected chi connectivity index (χ2v) is 5.29. The Hall–Kier alpha value is -3.22. The van der Waals surface area contributed by atoms with E-state index in [9.17, 15) is 9.59 Å². The molecule has 2 amide bonds. The number of esters is 1. The van der Waals surface area contributed by atoms with Crippen LogP contribution in [-0.2, 0) is 11.3 Å². The summed E-state index contributed by atoms with van der Waals surface area (Å²) in [5.74, 6) is 0.834. The number of anilines is 1. The van der Waals surface area contributed by atoms with Crippen molar-refractivity contribution in [2.45, 2.75) is 13.5 Å². The highest BCUT2D eigenvalue weighted by Gasteiger charge is 2.08. The van der Waals surface area contributed by atoms with Crippen molar-refractivity contribution in [3.05, 3.63) is 53.6 Å². The molecule has 0 bridgehead atoms. The van der Waals surface area contributed by atoms with Crippen LogP contribution in [0.4, 0.5) is 10.5 Å². The molecule has 0 aromatic heterocycles. The fourth-order valence-corrected chi connectivity index (χ4v) is 2.25. The van der Waals surface area contributed by atoms with Crippen molar-refractivity contribution in [1.29, 1.82) is 0 Å². The minimum absolute atomic E-state index is 0.317. The molecule has 0 spiro atoms. The zero-order chi connectivity index (χ0) is 18.9. The summed E-state index contributed by atoms with van der Waals surface area (Å²) >= 11 is 0. The van der Waals surface area contributed by atoms with Gasteiger partial charge in [-0.15, -0.1) is 0 Å². The second kappa shape index (κ2) is 9.31. The third-order valence-corrected chi connectivity index (χ3v) is 3.55. The molecule has 7 heteroatoms. The second-order valence-electron chi connectivity index (χ2n) is 5.29. The molecule has 2 aromatic rings. The van der Waals surface area contributed by atoms with Crippen molar-refractivity contribution in [2.75, 3.05) is 26.1 Å². The van der Waals surface area contributed by atoms with Gasteiger partial charge in [-0.1, -0.05) is 6.07 Å². The van der Waals surface area contributed by atoms with E-state index < -0.39 is 5.97 Å². The lowest BCUT2D eigenvalue weighted by atomic mass is 10.2. The van der Waals surface area contributed by atoms with E-state index in [0.717, 1.165) is 5.56 Å². The molecule has 0 unspecified atom stereocenters. The lowest BCUT2D eigenvalue weighted by molar-refractivity contribution is 0.0526. The van der Waals surface area contributed by atoms with Crippen molar-refractivity contribution in [1.82, 2.24) is 5.32 Å². The van der Waals surface area contributed by atoms with E-state index in [2.05, 4.69) is 10.6 Å². The van der Waals surface area contributed by atoms with Crippen LogP contribution in [-0.4, -0.2) is 32.8 Å². The topological polar surface area (TPSA) is 85.9 Å². The van der Waals surface area contributed by atoms with Crippen molar-refractivity contribution in [3.63, 3.8) is 0 Å². The van der Waals surface area contributed by atoms with Gasteiger partial charge in [-0.25, -0.2) is 9.59 Å². The summed E-state index contributed by atoms with van der Waals surface area (Å²) < 4.78 is 15.3. The van der Waals surface area contributed by atoms with Crippen LogP contribution >= 0.6 is 0 Å². The molecular formula is C19H22N2O5. The highest BCUT2D eigenvalue weighted by Crippen LogP contribution is 2.27. The Bertz CT molecular complexity index is 759. The SMILES string of the molecule is CCOC(=O)c1ccc(NC(=O)NCc2ccc(OC)c(OC)c2)cc1. The van der Waals surface area contributed by atoms with E-state index in [4.69, 9.17) is 14.2 Å². The normalized spacial score (nSPS) is 9.96. The van der Waals surface area contributed by atoms with E-state index in [0.29, 0.717) is 35.9 Å². The van der Waals surface area contributed by atoms with Crippen molar-refractivity contribution >= 4 is 17.7 Å². The Kier molecular flexibility index (Phi) is 6.84. The Morgan fingerprint density at radius 3 is 2.27 bits per heavy atom. The highest BCUT2D eigenvalue weighted by molar-refractivity contribution is 5.92. The van der Waals surface area contributed by atoms with Gasteiger partial charge in [-0.3, -0.25) is 0 Å².